The Hall–Kier alpha value is -0.200. The third-order valence-electron chi connectivity index (χ3n) is 5.44. The van der Waals surface area contributed by atoms with Crippen LogP contribution in [0.3, 0.4) is 0 Å². The third kappa shape index (κ3) is 9.34. The van der Waals surface area contributed by atoms with Gasteiger partial charge in [-0.1, -0.05) is 20.8 Å². The van der Waals surface area contributed by atoms with Gasteiger partial charge in [-0.3, -0.25) is 0 Å². The van der Waals surface area contributed by atoms with Gasteiger partial charge < -0.3 is 25.7 Å². The Morgan fingerprint density at radius 2 is 1.28 bits per heavy atom. The maximum absolute atomic E-state index is 6.29. The summed E-state index contributed by atoms with van der Waals surface area (Å²) in [5, 5.41) is 0. The van der Waals surface area contributed by atoms with Crippen LogP contribution in [0, 0.1) is 11.3 Å². The van der Waals surface area contributed by atoms with Crippen molar-refractivity contribution in [3.05, 3.63) is 0 Å². The molecule has 0 aliphatic rings. The molecule has 0 aromatic carbocycles. The lowest BCUT2D eigenvalue weighted by Crippen LogP contribution is -2.48. The molecule has 0 aliphatic heterocycles. The van der Waals surface area contributed by atoms with Gasteiger partial charge >= 0.3 is 0 Å². The maximum atomic E-state index is 6.29. The van der Waals surface area contributed by atoms with Crippen LogP contribution >= 0.6 is 0 Å². The predicted octanol–water partition coefficient (Wildman–Crippen LogP) is 3.34. The van der Waals surface area contributed by atoms with E-state index < -0.39 is 0 Å². The summed E-state index contributed by atoms with van der Waals surface area (Å²) in [5.74, 6) is 0.351. The molecule has 5 nitrogen and oxygen atoms in total. The zero-order valence-electron chi connectivity index (χ0n) is 18.1. The van der Waals surface area contributed by atoms with Crippen molar-refractivity contribution in [1.29, 1.82) is 0 Å². The minimum atomic E-state index is -0.276. The number of hydrogen-bond acceptors (Lipinski definition) is 5. The van der Waals surface area contributed by atoms with Gasteiger partial charge in [-0.05, 0) is 59.3 Å². The first-order chi connectivity index (χ1) is 11.2. The van der Waals surface area contributed by atoms with Gasteiger partial charge in [-0.2, -0.15) is 0 Å². The molecule has 4 N–H and O–H groups in total. The molecule has 0 bridgehead atoms. The molecule has 0 saturated heterocycles. The lowest BCUT2D eigenvalue weighted by molar-refractivity contribution is -0.141. The van der Waals surface area contributed by atoms with Crippen LogP contribution < -0.4 is 11.5 Å². The first-order valence-corrected chi connectivity index (χ1v) is 9.58. The Labute approximate surface area is 156 Å². The summed E-state index contributed by atoms with van der Waals surface area (Å²) in [6.45, 7) is 21.6. The fourth-order valence-corrected chi connectivity index (χ4v) is 2.40. The molecule has 5 heteroatoms. The first-order valence-electron chi connectivity index (χ1n) is 9.58. The van der Waals surface area contributed by atoms with E-state index in [9.17, 15) is 0 Å². The average Bonchev–Trinajstić information content (AvgIpc) is 2.44. The van der Waals surface area contributed by atoms with E-state index in [0.29, 0.717) is 32.3 Å². The molecule has 0 radical (unpaired) electrons. The van der Waals surface area contributed by atoms with E-state index in [1.54, 1.807) is 0 Å². The Morgan fingerprint density at radius 3 is 1.76 bits per heavy atom. The molecule has 3 atom stereocenters. The summed E-state index contributed by atoms with van der Waals surface area (Å²) in [6.07, 6.45) is 0.828. The van der Waals surface area contributed by atoms with Crippen LogP contribution in [0.15, 0.2) is 0 Å². The molecule has 0 heterocycles. The minimum Gasteiger partial charge on any atom is -0.380 e. The molecule has 0 fully saturated rings. The fourth-order valence-electron chi connectivity index (χ4n) is 2.40. The molecule has 0 aliphatic carbocycles. The molecule has 152 valence electrons. The number of ether oxygens (including phenoxy) is 3. The summed E-state index contributed by atoms with van der Waals surface area (Å²) in [5.41, 5.74) is 11.0. The monoisotopic (exact) mass is 360 g/mol. The maximum Gasteiger partial charge on any atom is 0.0680 e. The van der Waals surface area contributed by atoms with Gasteiger partial charge in [-0.25, -0.2) is 0 Å². The van der Waals surface area contributed by atoms with Crippen molar-refractivity contribution >= 4 is 0 Å². The van der Waals surface area contributed by atoms with Crippen molar-refractivity contribution in [3.63, 3.8) is 0 Å². The van der Waals surface area contributed by atoms with Gasteiger partial charge in [0.25, 0.3) is 0 Å². The lowest BCUT2D eigenvalue weighted by Gasteiger charge is -2.46. The SMILES string of the molecule is CC(N)COCC(C)C(C)(C)C(C)(C)OCCC(C)(C)OCC(C)N. The summed E-state index contributed by atoms with van der Waals surface area (Å²) >= 11 is 0. The van der Waals surface area contributed by atoms with E-state index in [1.807, 2.05) is 13.8 Å². The smallest absolute Gasteiger partial charge is 0.0680 e. The third-order valence-corrected chi connectivity index (χ3v) is 5.44. The van der Waals surface area contributed by atoms with Gasteiger partial charge in [0.05, 0.1) is 31.0 Å². The van der Waals surface area contributed by atoms with Gasteiger partial charge in [0.1, 0.15) is 0 Å². The van der Waals surface area contributed by atoms with E-state index in [1.165, 1.54) is 0 Å². The Kier molecular flexibility index (Phi) is 10.1. The Balaban J connectivity index is 4.51. The van der Waals surface area contributed by atoms with Crippen molar-refractivity contribution in [2.24, 2.45) is 22.8 Å². The highest BCUT2D eigenvalue weighted by molar-refractivity contribution is 4.91. The van der Waals surface area contributed by atoms with Gasteiger partial charge in [0.15, 0.2) is 0 Å². The second-order valence-electron chi connectivity index (χ2n) is 9.29. The summed E-state index contributed by atoms with van der Waals surface area (Å²) in [4.78, 5) is 0. The van der Waals surface area contributed by atoms with Crippen LogP contribution in [0.2, 0.25) is 0 Å². The molecule has 0 amide bonds. The molecule has 0 aromatic rings. The standard InChI is InChI=1S/C20H44N2O3/c1-15(12-23-13-16(2)21)19(6,7)20(8,9)24-11-10-18(4,5)25-14-17(3)22/h15-17H,10-14,21-22H2,1-9H3. The molecule has 0 rings (SSSR count). The first kappa shape index (κ1) is 24.8. The zero-order valence-corrected chi connectivity index (χ0v) is 18.1. The van der Waals surface area contributed by atoms with E-state index in [2.05, 4.69) is 48.5 Å². The van der Waals surface area contributed by atoms with Gasteiger partial charge in [0, 0.05) is 18.7 Å². The van der Waals surface area contributed by atoms with E-state index >= 15 is 0 Å². The van der Waals surface area contributed by atoms with E-state index in [4.69, 9.17) is 25.7 Å². The summed E-state index contributed by atoms with van der Waals surface area (Å²) < 4.78 is 17.9. The van der Waals surface area contributed by atoms with Crippen LogP contribution in [0.25, 0.3) is 0 Å². The van der Waals surface area contributed by atoms with Crippen molar-refractivity contribution < 1.29 is 14.2 Å². The Morgan fingerprint density at radius 1 is 0.760 bits per heavy atom. The van der Waals surface area contributed by atoms with Crippen molar-refractivity contribution in [1.82, 2.24) is 0 Å². The molecule has 0 spiro atoms. The quantitative estimate of drug-likeness (QED) is 0.526. The number of hydrogen-bond donors (Lipinski definition) is 2. The summed E-state index contributed by atoms with van der Waals surface area (Å²) in [7, 11) is 0. The molecule has 0 aromatic heterocycles. The second-order valence-corrected chi connectivity index (χ2v) is 9.29. The molecule has 3 unspecified atom stereocenters. The summed E-state index contributed by atoms with van der Waals surface area (Å²) in [6, 6.07) is 0.116. The molecular weight excluding hydrogens is 316 g/mol. The predicted molar refractivity (Wildman–Crippen MR) is 106 cm³/mol. The van der Waals surface area contributed by atoms with Crippen LogP contribution in [0.1, 0.15) is 68.7 Å². The highest BCUT2D eigenvalue weighted by Gasteiger charge is 2.42. The zero-order chi connectivity index (χ0) is 19.9. The minimum absolute atomic E-state index is 0.0401. The van der Waals surface area contributed by atoms with E-state index in [0.717, 1.165) is 6.42 Å². The highest BCUT2D eigenvalue weighted by atomic mass is 16.5. The van der Waals surface area contributed by atoms with E-state index in [-0.39, 0.29) is 28.7 Å². The van der Waals surface area contributed by atoms with Crippen molar-refractivity contribution in [3.8, 4) is 0 Å². The molecule has 25 heavy (non-hydrogen) atoms. The molecular formula is C20H44N2O3. The molecule has 0 saturated carbocycles. The van der Waals surface area contributed by atoms with Crippen LogP contribution in [-0.2, 0) is 14.2 Å². The topological polar surface area (TPSA) is 79.7 Å². The van der Waals surface area contributed by atoms with Crippen molar-refractivity contribution in [2.45, 2.75) is 92.0 Å². The van der Waals surface area contributed by atoms with Crippen LogP contribution in [-0.4, -0.2) is 49.7 Å². The lowest BCUT2D eigenvalue weighted by atomic mass is 9.68. The highest BCUT2D eigenvalue weighted by Crippen LogP contribution is 2.41. The normalized spacial score (nSPS) is 17.4. The van der Waals surface area contributed by atoms with Gasteiger partial charge in [-0.15, -0.1) is 0 Å². The van der Waals surface area contributed by atoms with Crippen molar-refractivity contribution in [2.75, 3.05) is 26.4 Å². The second kappa shape index (κ2) is 10.2. The Bertz CT molecular complexity index is 366. The fraction of sp³-hybridized carbons (Fsp3) is 1.00. The number of rotatable bonds is 13. The number of nitrogens with two attached hydrogens (primary N) is 2. The van der Waals surface area contributed by atoms with Crippen LogP contribution in [0.4, 0.5) is 0 Å². The average molecular weight is 361 g/mol. The van der Waals surface area contributed by atoms with Gasteiger partial charge in [0.2, 0.25) is 0 Å². The largest absolute Gasteiger partial charge is 0.380 e. The van der Waals surface area contributed by atoms with Crippen LogP contribution in [0.5, 0.6) is 0 Å².